The molecule has 0 bridgehead atoms. The zero-order valence-electron chi connectivity index (χ0n) is 35.0. The van der Waals surface area contributed by atoms with E-state index in [1.54, 1.807) is 194 Å². The molecule has 0 saturated heterocycles. The zero-order chi connectivity index (χ0) is 44.9. The lowest BCUT2D eigenvalue weighted by Crippen LogP contribution is -2.32. The summed E-state index contributed by atoms with van der Waals surface area (Å²) in [7, 11) is 0. The van der Waals surface area contributed by atoms with Crippen LogP contribution in [0.2, 0.25) is 0 Å². The Bertz CT molecular complexity index is 3080. The second kappa shape index (κ2) is 18.5. The van der Waals surface area contributed by atoms with E-state index in [4.69, 9.17) is 0 Å². The Morgan fingerprint density at radius 2 is 0.538 bits per heavy atom. The minimum Gasteiger partial charge on any atom is -0.293 e. The van der Waals surface area contributed by atoms with Gasteiger partial charge < -0.3 is 0 Å². The molecule has 65 heavy (non-hydrogen) atoms. The first-order chi connectivity index (χ1) is 31.8. The van der Waals surface area contributed by atoms with Crippen molar-refractivity contribution in [1.29, 1.82) is 0 Å². The summed E-state index contributed by atoms with van der Waals surface area (Å²) in [6.45, 7) is 0. The predicted octanol–water partition coefficient (Wildman–Crippen LogP) is 12.5. The second-order valence-corrected chi connectivity index (χ2v) is 15.9. The summed E-state index contributed by atoms with van der Waals surface area (Å²) in [4.78, 5) is 93.5. The Labute approximate surface area is 375 Å². The van der Waals surface area contributed by atoms with Crippen molar-refractivity contribution < 1.29 is 28.8 Å². The Morgan fingerprint density at radius 1 is 0.246 bits per heavy atom. The van der Waals surface area contributed by atoms with Crippen molar-refractivity contribution in [3.63, 3.8) is 0 Å². The molecule has 0 aliphatic heterocycles. The summed E-state index contributed by atoms with van der Waals surface area (Å²) >= 11 is 0. The number of Topliss-reactive ketones (excluding diaryl/α,β-unsaturated/α-hetero) is 6. The highest BCUT2D eigenvalue weighted by Gasteiger charge is 2.44. The van der Waals surface area contributed by atoms with Gasteiger partial charge in [0.15, 0.2) is 34.7 Å². The highest BCUT2D eigenvalue weighted by Crippen LogP contribution is 2.46. The van der Waals surface area contributed by atoms with Crippen LogP contribution >= 0.6 is 0 Å². The van der Waals surface area contributed by atoms with E-state index < -0.39 is 52.5 Å². The lowest BCUT2D eigenvalue weighted by atomic mass is 9.69. The van der Waals surface area contributed by atoms with Gasteiger partial charge in [0, 0.05) is 33.4 Å². The summed E-state index contributed by atoms with van der Waals surface area (Å²) in [5.41, 5.74) is 1.26. The average Bonchev–Trinajstić information content (AvgIpc) is 3.38. The van der Waals surface area contributed by atoms with Crippen molar-refractivity contribution in [2.45, 2.75) is 17.8 Å². The molecule has 9 aromatic rings. The third-order valence-corrected chi connectivity index (χ3v) is 12.0. The van der Waals surface area contributed by atoms with Crippen molar-refractivity contribution in [3.05, 3.63) is 275 Å². The largest absolute Gasteiger partial charge is 0.293 e. The smallest absolute Gasteiger partial charge is 0.178 e. The third kappa shape index (κ3) is 8.17. The molecule has 0 aliphatic rings. The molecule has 0 heterocycles. The first-order valence-electron chi connectivity index (χ1n) is 21.4. The number of benzene rings is 9. The molecule has 6 heteroatoms. The number of fused-ring (bicyclic) bond motifs is 3. The van der Waals surface area contributed by atoms with Crippen molar-refractivity contribution in [3.8, 4) is 0 Å². The van der Waals surface area contributed by atoms with Gasteiger partial charge in [-0.1, -0.05) is 218 Å². The van der Waals surface area contributed by atoms with Crippen LogP contribution in [0.25, 0.3) is 21.5 Å². The maximum absolute atomic E-state index is 15.7. The van der Waals surface area contributed by atoms with Gasteiger partial charge in [-0.05, 0) is 44.3 Å². The maximum atomic E-state index is 15.7. The van der Waals surface area contributed by atoms with Crippen molar-refractivity contribution >= 4 is 56.2 Å². The summed E-state index contributed by atoms with van der Waals surface area (Å²) < 4.78 is 0. The average molecular weight is 845 g/mol. The van der Waals surface area contributed by atoms with Crippen molar-refractivity contribution in [1.82, 2.24) is 0 Å². The molecule has 0 spiro atoms. The topological polar surface area (TPSA) is 102 Å². The van der Waals surface area contributed by atoms with Crippen molar-refractivity contribution in [2.24, 2.45) is 0 Å². The Balaban J connectivity index is 1.51. The maximum Gasteiger partial charge on any atom is 0.178 e. The fourth-order valence-corrected chi connectivity index (χ4v) is 8.87. The van der Waals surface area contributed by atoms with Crippen LogP contribution in [0, 0.1) is 0 Å². The predicted molar refractivity (Wildman–Crippen MR) is 254 cm³/mol. The van der Waals surface area contributed by atoms with Gasteiger partial charge in [0.25, 0.3) is 0 Å². The van der Waals surface area contributed by atoms with Gasteiger partial charge in [-0.2, -0.15) is 0 Å². The minimum atomic E-state index is -1.76. The molecule has 0 fully saturated rings. The Kier molecular flexibility index (Phi) is 11.9. The molecule has 6 nitrogen and oxygen atoms in total. The molecular formula is C59H40O6. The van der Waals surface area contributed by atoms with E-state index in [1.807, 2.05) is 30.3 Å². The van der Waals surface area contributed by atoms with Crippen LogP contribution < -0.4 is 0 Å². The number of carbonyl (C=O) groups excluding carboxylic acids is 6. The number of rotatable bonds is 15. The van der Waals surface area contributed by atoms with Crippen LogP contribution in [0.4, 0.5) is 0 Å². The standard InChI is InChI=1S/C59H40O6/c60-54(39-22-7-1-8-23-39)51(55(61)40-24-9-2-10-25-40)48-37-47-45-34-20-19-21-38(45)35-36-46(47)49(52(56(62)41-26-11-3-12-27-41)57(63)42-28-13-4-14-29-42)50(48)53(58(64)43-30-15-5-16-31-43)59(65)44-32-17-6-18-33-44/h1-37,51-53H. The lowest BCUT2D eigenvalue weighted by molar-refractivity contribution is 0.0825. The lowest BCUT2D eigenvalue weighted by Gasteiger charge is -2.30. The van der Waals surface area contributed by atoms with Gasteiger partial charge in [0.05, 0.1) is 0 Å². The van der Waals surface area contributed by atoms with Gasteiger partial charge >= 0.3 is 0 Å². The van der Waals surface area contributed by atoms with E-state index in [-0.39, 0.29) is 50.1 Å². The highest BCUT2D eigenvalue weighted by atomic mass is 16.2. The molecule has 0 aromatic heterocycles. The molecule has 0 atom stereocenters. The molecule has 9 aromatic carbocycles. The van der Waals surface area contributed by atoms with Gasteiger partial charge in [-0.3, -0.25) is 28.8 Å². The van der Waals surface area contributed by atoms with Crippen LogP contribution in [0.5, 0.6) is 0 Å². The second-order valence-electron chi connectivity index (χ2n) is 15.9. The molecule has 312 valence electrons. The van der Waals surface area contributed by atoms with E-state index in [0.29, 0.717) is 16.2 Å². The van der Waals surface area contributed by atoms with Crippen LogP contribution in [0.3, 0.4) is 0 Å². The Morgan fingerprint density at radius 3 is 0.892 bits per heavy atom. The first kappa shape index (κ1) is 41.9. The molecule has 0 radical (unpaired) electrons. The van der Waals surface area contributed by atoms with Crippen molar-refractivity contribution in [2.75, 3.05) is 0 Å². The fraction of sp³-hybridized carbons (Fsp3) is 0.0508. The molecular weight excluding hydrogens is 805 g/mol. The van der Waals surface area contributed by atoms with E-state index in [1.165, 1.54) is 0 Å². The minimum absolute atomic E-state index is 0.0387. The van der Waals surface area contributed by atoms with Gasteiger partial charge in [-0.15, -0.1) is 0 Å². The SMILES string of the molecule is O=C(c1ccccc1)C(C(=O)c1ccccc1)c1cc2c(ccc3ccccc32)c(C(C(=O)c2ccccc2)C(=O)c2ccccc2)c1C(C(=O)c1ccccc1)C(=O)c1ccccc1. The highest BCUT2D eigenvalue weighted by molar-refractivity contribution is 6.27. The fourth-order valence-electron chi connectivity index (χ4n) is 8.87. The summed E-state index contributed by atoms with van der Waals surface area (Å²) in [5.74, 6) is -8.75. The molecule has 0 unspecified atom stereocenters. The zero-order valence-corrected chi connectivity index (χ0v) is 35.0. The molecule has 9 rings (SSSR count). The molecule has 0 amide bonds. The summed E-state index contributed by atoms with van der Waals surface area (Å²) in [6.07, 6.45) is 0. The monoisotopic (exact) mass is 844 g/mol. The van der Waals surface area contributed by atoms with Crippen LogP contribution in [0.1, 0.15) is 96.6 Å². The first-order valence-corrected chi connectivity index (χ1v) is 21.4. The summed E-state index contributed by atoms with van der Waals surface area (Å²) in [5, 5.41) is 2.44. The van der Waals surface area contributed by atoms with E-state index in [0.717, 1.165) is 5.39 Å². The molecule has 0 aliphatic carbocycles. The number of carbonyl (C=O) groups is 6. The van der Waals surface area contributed by atoms with E-state index >= 15 is 28.8 Å². The van der Waals surface area contributed by atoms with E-state index in [2.05, 4.69) is 0 Å². The van der Waals surface area contributed by atoms with Gasteiger partial charge in [0.2, 0.25) is 0 Å². The molecule has 0 N–H and O–H groups in total. The summed E-state index contributed by atoms with van der Waals surface area (Å²) in [6, 6.07) is 63.2. The normalized spacial score (nSPS) is 11.2. The number of hydrogen-bond donors (Lipinski definition) is 0. The number of ketones is 6. The van der Waals surface area contributed by atoms with Crippen LogP contribution in [0.15, 0.2) is 224 Å². The quantitative estimate of drug-likeness (QED) is 0.0578. The third-order valence-electron chi connectivity index (χ3n) is 12.0. The van der Waals surface area contributed by atoms with Crippen LogP contribution in [-0.2, 0) is 0 Å². The number of hydrogen-bond acceptors (Lipinski definition) is 6. The van der Waals surface area contributed by atoms with Crippen LogP contribution in [-0.4, -0.2) is 34.7 Å². The Hall–Kier alpha value is -8.48. The van der Waals surface area contributed by atoms with E-state index in [9.17, 15) is 0 Å². The molecule has 0 saturated carbocycles. The van der Waals surface area contributed by atoms with Gasteiger partial charge in [0.1, 0.15) is 17.8 Å². The van der Waals surface area contributed by atoms with Gasteiger partial charge in [-0.25, -0.2) is 0 Å².